The van der Waals surface area contributed by atoms with E-state index in [1.54, 1.807) is 0 Å². The van der Waals surface area contributed by atoms with Crippen LogP contribution in [0.15, 0.2) is 23.1 Å². The normalized spacial score (nSPS) is 10.5. The zero-order valence-corrected chi connectivity index (χ0v) is 12.0. The van der Waals surface area contributed by atoms with Crippen molar-refractivity contribution in [3.8, 4) is 0 Å². The molecule has 1 aromatic carbocycles. The third-order valence-electron chi connectivity index (χ3n) is 1.89. The number of hydrogen-bond donors (Lipinski definition) is 2. The van der Waals surface area contributed by atoms with E-state index in [0.29, 0.717) is 6.07 Å². The molecule has 1 radical (unpaired) electrons. The van der Waals surface area contributed by atoms with Gasteiger partial charge in [0.2, 0.25) is 0 Å². The predicted molar refractivity (Wildman–Crippen MR) is 60.0 cm³/mol. The molecule has 0 saturated heterocycles. The van der Waals surface area contributed by atoms with Gasteiger partial charge < -0.3 is 5.11 Å². The average Bonchev–Trinajstić information content (AvgIpc) is 2.15. The summed E-state index contributed by atoms with van der Waals surface area (Å²) >= 11 is 0. The van der Waals surface area contributed by atoms with Gasteiger partial charge in [-0.2, -0.15) is 8.42 Å². The summed E-state index contributed by atoms with van der Waals surface area (Å²) < 4.78 is 30.2. The van der Waals surface area contributed by atoms with Gasteiger partial charge in [0.1, 0.15) is 4.90 Å². The number of nitro groups is 1. The van der Waals surface area contributed by atoms with E-state index in [-0.39, 0.29) is 35.1 Å². The van der Waals surface area contributed by atoms with Gasteiger partial charge >= 0.3 is 5.97 Å². The van der Waals surface area contributed by atoms with Gasteiger partial charge in [-0.05, 0) is 6.07 Å². The van der Waals surface area contributed by atoms with Crippen LogP contribution in [0.25, 0.3) is 0 Å². The monoisotopic (exact) mass is 284 g/mol. The van der Waals surface area contributed by atoms with Crippen LogP contribution in [0, 0.1) is 10.1 Å². The molecule has 0 aliphatic heterocycles. The number of carboxylic acids is 1. The molecule has 0 unspecified atom stereocenters. The van der Waals surface area contributed by atoms with Gasteiger partial charge in [-0.15, -0.1) is 0 Å². The Morgan fingerprint density at radius 3 is 2.33 bits per heavy atom. The van der Waals surface area contributed by atoms with Crippen LogP contribution < -0.4 is 0 Å². The van der Waals surface area contributed by atoms with Gasteiger partial charge in [0.05, 0.1) is 11.3 Å². The molecular weight excluding hydrogens is 277 g/mol. The van der Waals surface area contributed by atoms with E-state index in [4.69, 9.17) is 9.66 Å². The minimum absolute atomic E-state index is 0. The van der Waals surface area contributed by atoms with Gasteiger partial charge in [0, 0.05) is 41.2 Å². The molecule has 0 saturated carbocycles. The molecule has 0 heterocycles. The van der Waals surface area contributed by atoms with E-state index in [0.717, 1.165) is 12.1 Å². The molecule has 0 aliphatic rings. The van der Waals surface area contributed by atoms with E-state index in [2.05, 4.69) is 0 Å². The van der Waals surface area contributed by atoms with Crippen LogP contribution in [-0.4, -0.2) is 58.5 Å². The fourth-order valence-electron chi connectivity index (χ4n) is 1.19. The first-order chi connectivity index (χ1) is 7.71. The van der Waals surface area contributed by atoms with Crippen LogP contribution in [-0.2, 0) is 21.3 Å². The molecule has 93 valence electrons. The van der Waals surface area contributed by atoms with Crippen molar-refractivity contribution in [2.24, 2.45) is 0 Å². The summed E-state index contributed by atoms with van der Waals surface area (Å²) in [5.41, 5.74) is -0.808. The summed E-state index contributed by atoms with van der Waals surface area (Å²) in [6.45, 7) is 0. The zero-order chi connectivity index (χ0) is 13.2. The second kappa shape index (κ2) is 6.25. The molecule has 0 amide bonds. The Labute approximate surface area is 124 Å². The Hall–Kier alpha value is -1.000. The molecule has 0 fully saturated rings. The van der Waals surface area contributed by atoms with Crippen LogP contribution in [0.3, 0.4) is 0 Å². The Kier molecular flexibility index (Phi) is 5.90. The van der Waals surface area contributed by atoms with E-state index >= 15 is 0 Å². The summed E-state index contributed by atoms with van der Waals surface area (Å²) in [6, 6.07) is 2.50. The smallest absolute Gasteiger partial charge is 0.308 e. The maximum atomic E-state index is 10.8. The van der Waals surface area contributed by atoms with Crippen LogP contribution in [0.2, 0.25) is 0 Å². The van der Waals surface area contributed by atoms with E-state index in [1.165, 1.54) is 0 Å². The van der Waals surface area contributed by atoms with Crippen LogP contribution in [0.1, 0.15) is 5.56 Å². The zero-order valence-electron chi connectivity index (χ0n) is 9.23. The second-order valence-electron chi connectivity index (χ2n) is 3.09. The largest absolute Gasteiger partial charge is 0.481 e. The molecular formula is C8H7NNaO7S. The summed E-state index contributed by atoms with van der Waals surface area (Å²) in [5.74, 6) is -1.28. The maximum Gasteiger partial charge on any atom is 0.308 e. The van der Waals surface area contributed by atoms with E-state index in [9.17, 15) is 23.3 Å². The molecule has 1 aromatic rings. The molecule has 0 aliphatic carbocycles. The Balaban J connectivity index is 0.00000289. The third kappa shape index (κ3) is 4.35. The maximum absolute atomic E-state index is 10.8. The van der Waals surface area contributed by atoms with E-state index < -0.39 is 38.0 Å². The summed E-state index contributed by atoms with van der Waals surface area (Å²) in [7, 11) is -4.56. The SMILES string of the molecule is O=C(O)Cc1ccc(S(=O)(=O)O)cc1[N+](=O)[O-].[Na]. The average molecular weight is 284 g/mol. The van der Waals surface area contributed by atoms with Gasteiger partial charge in [-0.3, -0.25) is 19.5 Å². The summed E-state index contributed by atoms with van der Waals surface area (Å²) in [5, 5.41) is 19.1. The molecule has 0 atom stereocenters. The molecule has 2 N–H and O–H groups in total. The first kappa shape index (κ1) is 17.0. The number of aliphatic carboxylic acids is 1. The van der Waals surface area contributed by atoms with Crippen LogP contribution >= 0.6 is 0 Å². The van der Waals surface area contributed by atoms with Gasteiger partial charge in [0.25, 0.3) is 15.8 Å². The number of benzene rings is 1. The molecule has 10 heteroatoms. The first-order valence-electron chi connectivity index (χ1n) is 4.18. The molecule has 18 heavy (non-hydrogen) atoms. The minimum atomic E-state index is -4.56. The van der Waals surface area contributed by atoms with Crippen LogP contribution in [0.5, 0.6) is 0 Å². The number of nitro benzene ring substituents is 1. The van der Waals surface area contributed by atoms with Crippen molar-refractivity contribution in [1.29, 1.82) is 0 Å². The van der Waals surface area contributed by atoms with Gasteiger partial charge in [-0.25, -0.2) is 0 Å². The summed E-state index contributed by atoms with van der Waals surface area (Å²) in [4.78, 5) is 19.5. The summed E-state index contributed by atoms with van der Waals surface area (Å²) in [6.07, 6.45) is -0.609. The van der Waals surface area contributed by atoms with Crippen molar-refractivity contribution in [2.75, 3.05) is 0 Å². The Bertz CT molecular complexity index is 583. The predicted octanol–water partition coefficient (Wildman–Crippen LogP) is 0.0878. The number of carboxylic acid groups (broad SMARTS) is 1. The Morgan fingerprint density at radius 2 is 1.94 bits per heavy atom. The van der Waals surface area contributed by atoms with Crippen molar-refractivity contribution < 1.29 is 27.8 Å². The van der Waals surface area contributed by atoms with Crippen molar-refractivity contribution in [3.05, 3.63) is 33.9 Å². The van der Waals surface area contributed by atoms with Gasteiger partial charge in [0.15, 0.2) is 0 Å². The molecule has 0 aromatic heterocycles. The van der Waals surface area contributed by atoms with Crippen molar-refractivity contribution >= 4 is 51.3 Å². The van der Waals surface area contributed by atoms with Crippen molar-refractivity contribution in [3.63, 3.8) is 0 Å². The number of nitrogens with zero attached hydrogens (tertiary/aromatic N) is 1. The quantitative estimate of drug-likeness (QED) is 0.346. The minimum Gasteiger partial charge on any atom is -0.481 e. The van der Waals surface area contributed by atoms with Crippen LogP contribution in [0.4, 0.5) is 5.69 Å². The van der Waals surface area contributed by atoms with Gasteiger partial charge in [-0.1, -0.05) is 6.07 Å². The molecule has 0 bridgehead atoms. The molecule has 0 spiro atoms. The fraction of sp³-hybridized carbons (Fsp3) is 0.125. The third-order valence-corrected chi connectivity index (χ3v) is 2.74. The number of hydrogen-bond acceptors (Lipinski definition) is 5. The standard InChI is InChI=1S/C8H7NO7S.Na/c10-8(11)3-5-1-2-6(17(14,15)16)4-7(5)9(12)13;/h1-2,4H,3H2,(H,10,11)(H,14,15,16);. The van der Waals surface area contributed by atoms with Crippen molar-refractivity contribution in [1.82, 2.24) is 0 Å². The molecule has 1 rings (SSSR count). The topological polar surface area (TPSA) is 135 Å². The molecule has 8 nitrogen and oxygen atoms in total. The van der Waals surface area contributed by atoms with Crippen molar-refractivity contribution in [2.45, 2.75) is 11.3 Å². The van der Waals surface area contributed by atoms with E-state index in [1.807, 2.05) is 0 Å². The fourth-order valence-corrected chi connectivity index (χ4v) is 1.69. The first-order valence-corrected chi connectivity index (χ1v) is 5.62. The number of carbonyl (C=O) groups is 1. The Morgan fingerprint density at radius 1 is 1.39 bits per heavy atom. The number of rotatable bonds is 4. The second-order valence-corrected chi connectivity index (χ2v) is 4.51.